The number of esters is 1. The van der Waals surface area contributed by atoms with Gasteiger partial charge in [-0.05, 0) is 12.8 Å². The van der Waals surface area contributed by atoms with Crippen molar-refractivity contribution in [3.63, 3.8) is 0 Å². The van der Waals surface area contributed by atoms with Gasteiger partial charge in [0.15, 0.2) is 0 Å². The molecule has 2 nitrogen and oxygen atoms in total. The van der Waals surface area contributed by atoms with Crippen LogP contribution in [0.15, 0.2) is 12.7 Å². The SMILES string of the molecule is C=CC(=O)OCC[CH]CC. The molecule has 0 saturated heterocycles. The van der Waals surface area contributed by atoms with Gasteiger partial charge in [0.1, 0.15) is 0 Å². The molecule has 0 heterocycles. The predicted octanol–water partition coefficient (Wildman–Crippen LogP) is 1.72. The minimum atomic E-state index is -0.343. The Morgan fingerprint density at radius 1 is 1.70 bits per heavy atom. The molecule has 2 heteroatoms. The molecule has 0 rings (SSSR count). The van der Waals surface area contributed by atoms with Gasteiger partial charge in [-0.3, -0.25) is 0 Å². The van der Waals surface area contributed by atoms with E-state index >= 15 is 0 Å². The molecule has 10 heavy (non-hydrogen) atoms. The molecule has 0 fully saturated rings. The van der Waals surface area contributed by atoms with E-state index in [4.69, 9.17) is 4.74 Å². The molecule has 0 aromatic rings. The van der Waals surface area contributed by atoms with Crippen LogP contribution in [0.4, 0.5) is 0 Å². The minimum Gasteiger partial charge on any atom is -0.463 e. The van der Waals surface area contributed by atoms with E-state index in [-0.39, 0.29) is 5.97 Å². The standard InChI is InChI=1S/C8H13O2/c1-3-5-6-7-10-8(9)4-2/h4-5H,2-3,6-7H2,1H3. The second kappa shape index (κ2) is 6.33. The van der Waals surface area contributed by atoms with E-state index in [1.807, 2.05) is 0 Å². The van der Waals surface area contributed by atoms with Crippen LogP contribution in [0.3, 0.4) is 0 Å². The van der Waals surface area contributed by atoms with Crippen molar-refractivity contribution in [3.05, 3.63) is 19.1 Å². The maximum Gasteiger partial charge on any atom is 0.330 e. The van der Waals surface area contributed by atoms with Gasteiger partial charge in [-0.1, -0.05) is 19.9 Å². The Labute approximate surface area is 61.9 Å². The van der Waals surface area contributed by atoms with Gasteiger partial charge in [-0.25, -0.2) is 4.79 Å². The molecular formula is C8H13O2. The Bertz CT molecular complexity index is 108. The normalized spacial score (nSPS) is 8.90. The van der Waals surface area contributed by atoms with Gasteiger partial charge in [-0.2, -0.15) is 0 Å². The lowest BCUT2D eigenvalue weighted by molar-refractivity contribution is -0.137. The Kier molecular flexibility index (Phi) is 5.83. The highest BCUT2D eigenvalue weighted by Crippen LogP contribution is 1.92. The maximum absolute atomic E-state index is 10.4. The third-order valence-electron chi connectivity index (χ3n) is 1.02. The number of rotatable bonds is 5. The van der Waals surface area contributed by atoms with Gasteiger partial charge >= 0.3 is 5.97 Å². The van der Waals surface area contributed by atoms with Crippen molar-refractivity contribution >= 4 is 5.97 Å². The quantitative estimate of drug-likeness (QED) is 0.331. The average Bonchev–Trinajstić information content (AvgIpc) is 1.98. The molecule has 0 spiro atoms. The largest absolute Gasteiger partial charge is 0.463 e. The number of carbonyl (C=O) groups is 1. The summed E-state index contributed by atoms with van der Waals surface area (Å²) in [6, 6.07) is 0. The fourth-order valence-corrected chi connectivity index (χ4v) is 0.506. The van der Waals surface area contributed by atoms with Crippen LogP contribution in [0.1, 0.15) is 19.8 Å². The molecule has 0 aliphatic rings. The predicted molar refractivity (Wildman–Crippen MR) is 40.4 cm³/mol. The number of carbonyl (C=O) groups excluding carboxylic acids is 1. The zero-order valence-corrected chi connectivity index (χ0v) is 6.30. The van der Waals surface area contributed by atoms with Crippen molar-refractivity contribution in [1.82, 2.24) is 0 Å². The van der Waals surface area contributed by atoms with Gasteiger partial charge < -0.3 is 4.74 Å². The molecule has 0 bridgehead atoms. The third-order valence-corrected chi connectivity index (χ3v) is 1.02. The molecule has 0 N–H and O–H groups in total. The first kappa shape index (κ1) is 9.21. The van der Waals surface area contributed by atoms with Crippen LogP contribution in [0, 0.1) is 6.42 Å². The fourth-order valence-electron chi connectivity index (χ4n) is 0.506. The lowest BCUT2D eigenvalue weighted by atomic mass is 10.3. The van der Waals surface area contributed by atoms with E-state index in [2.05, 4.69) is 19.9 Å². The topological polar surface area (TPSA) is 26.3 Å². The first-order valence-corrected chi connectivity index (χ1v) is 3.42. The van der Waals surface area contributed by atoms with Crippen molar-refractivity contribution in [3.8, 4) is 0 Å². The summed E-state index contributed by atoms with van der Waals surface area (Å²) in [5.74, 6) is -0.343. The molecule has 1 radical (unpaired) electrons. The summed E-state index contributed by atoms with van der Waals surface area (Å²) in [5, 5.41) is 0. The molecule has 0 aromatic heterocycles. The van der Waals surface area contributed by atoms with E-state index in [9.17, 15) is 4.79 Å². The van der Waals surface area contributed by atoms with Crippen molar-refractivity contribution in [1.29, 1.82) is 0 Å². The van der Waals surface area contributed by atoms with E-state index in [0.29, 0.717) is 6.61 Å². The Balaban J connectivity index is 3.03. The number of ether oxygens (including phenoxy) is 1. The molecule has 0 atom stereocenters. The van der Waals surface area contributed by atoms with E-state index in [1.54, 1.807) is 0 Å². The number of hydrogen-bond acceptors (Lipinski definition) is 2. The molecule has 0 aromatic carbocycles. The zero-order valence-electron chi connectivity index (χ0n) is 6.30. The molecule has 0 amide bonds. The van der Waals surface area contributed by atoms with Crippen LogP contribution in [-0.4, -0.2) is 12.6 Å². The van der Waals surface area contributed by atoms with Gasteiger partial charge in [-0.15, -0.1) is 0 Å². The highest BCUT2D eigenvalue weighted by Gasteiger charge is 1.92. The molecule has 0 unspecified atom stereocenters. The van der Waals surface area contributed by atoms with Gasteiger partial charge in [0.05, 0.1) is 6.61 Å². The molecular weight excluding hydrogens is 128 g/mol. The summed E-state index contributed by atoms with van der Waals surface area (Å²) in [5.41, 5.74) is 0. The highest BCUT2D eigenvalue weighted by atomic mass is 16.5. The van der Waals surface area contributed by atoms with E-state index in [1.165, 1.54) is 6.08 Å². The minimum absolute atomic E-state index is 0.343. The summed E-state index contributed by atoms with van der Waals surface area (Å²) in [6.45, 7) is 5.80. The van der Waals surface area contributed by atoms with Crippen LogP contribution in [0.25, 0.3) is 0 Å². The molecule has 0 saturated carbocycles. The van der Waals surface area contributed by atoms with E-state index in [0.717, 1.165) is 12.8 Å². The lowest BCUT2D eigenvalue weighted by Gasteiger charge is -1.98. The van der Waals surface area contributed by atoms with Gasteiger partial charge in [0, 0.05) is 6.08 Å². The average molecular weight is 141 g/mol. The highest BCUT2D eigenvalue weighted by molar-refractivity contribution is 5.81. The third kappa shape index (κ3) is 5.35. The smallest absolute Gasteiger partial charge is 0.330 e. The first-order valence-electron chi connectivity index (χ1n) is 3.42. The van der Waals surface area contributed by atoms with Gasteiger partial charge in [0.2, 0.25) is 0 Å². The summed E-state index contributed by atoms with van der Waals surface area (Å²) < 4.78 is 4.70. The Morgan fingerprint density at radius 3 is 2.90 bits per heavy atom. The second-order valence-electron chi connectivity index (χ2n) is 1.86. The van der Waals surface area contributed by atoms with Crippen molar-refractivity contribution < 1.29 is 9.53 Å². The monoisotopic (exact) mass is 141 g/mol. The fraction of sp³-hybridized carbons (Fsp3) is 0.500. The van der Waals surface area contributed by atoms with Crippen molar-refractivity contribution in [2.45, 2.75) is 19.8 Å². The number of unbranched alkanes of at least 4 members (excludes halogenated alkanes) is 2. The molecule has 0 aliphatic carbocycles. The van der Waals surface area contributed by atoms with Crippen LogP contribution < -0.4 is 0 Å². The van der Waals surface area contributed by atoms with Crippen LogP contribution in [0.5, 0.6) is 0 Å². The summed E-state index contributed by atoms with van der Waals surface area (Å²) in [4.78, 5) is 10.4. The van der Waals surface area contributed by atoms with Crippen LogP contribution >= 0.6 is 0 Å². The number of hydrogen-bond donors (Lipinski definition) is 0. The first-order chi connectivity index (χ1) is 4.81. The molecule has 0 aliphatic heterocycles. The van der Waals surface area contributed by atoms with Crippen LogP contribution in [-0.2, 0) is 9.53 Å². The van der Waals surface area contributed by atoms with Crippen LogP contribution in [0.2, 0.25) is 0 Å². The Morgan fingerprint density at radius 2 is 2.40 bits per heavy atom. The summed E-state index contributed by atoms with van der Waals surface area (Å²) in [6.07, 6.45) is 5.09. The van der Waals surface area contributed by atoms with Gasteiger partial charge in [0.25, 0.3) is 0 Å². The summed E-state index contributed by atoms with van der Waals surface area (Å²) in [7, 11) is 0. The lowest BCUT2D eigenvalue weighted by Crippen LogP contribution is -2.01. The second-order valence-corrected chi connectivity index (χ2v) is 1.86. The van der Waals surface area contributed by atoms with Crippen molar-refractivity contribution in [2.75, 3.05) is 6.61 Å². The maximum atomic E-state index is 10.4. The molecule has 57 valence electrons. The zero-order chi connectivity index (χ0) is 7.82. The van der Waals surface area contributed by atoms with E-state index < -0.39 is 0 Å². The Hall–Kier alpha value is -0.790. The summed E-state index contributed by atoms with van der Waals surface area (Å²) >= 11 is 0. The van der Waals surface area contributed by atoms with Crippen molar-refractivity contribution in [2.24, 2.45) is 0 Å².